The van der Waals surface area contributed by atoms with Crippen LogP contribution in [0.25, 0.3) is 0 Å². The summed E-state index contributed by atoms with van der Waals surface area (Å²) < 4.78 is 0. The van der Waals surface area contributed by atoms with E-state index in [1.54, 1.807) is 23.9 Å². The summed E-state index contributed by atoms with van der Waals surface area (Å²) in [6.07, 6.45) is 2.30. The second-order valence-electron chi connectivity index (χ2n) is 3.79. The van der Waals surface area contributed by atoms with Gasteiger partial charge in [-0.3, -0.25) is 0 Å². The quantitative estimate of drug-likeness (QED) is 0.763. The normalized spacial score (nSPS) is 10.7. The average molecular weight is 238 g/mol. The van der Waals surface area contributed by atoms with Gasteiger partial charge in [0, 0.05) is 10.6 Å². The molecule has 0 fully saturated rings. The lowest BCUT2D eigenvalue weighted by molar-refractivity contribution is 0.0693. The molecule has 0 aliphatic heterocycles. The van der Waals surface area contributed by atoms with Crippen molar-refractivity contribution in [3.8, 4) is 0 Å². The number of carbonyl (C=O) groups is 1. The van der Waals surface area contributed by atoms with Crippen molar-refractivity contribution >= 4 is 17.7 Å². The van der Waals surface area contributed by atoms with E-state index in [0.717, 1.165) is 23.5 Å². The molecule has 0 radical (unpaired) electrons. The van der Waals surface area contributed by atoms with Crippen LogP contribution in [0.1, 0.15) is 37.0 Å². The van der Waals surface area contributed by atoms with E-state index in [2.05, 4.69) is 13.8 Å². The molecule has 1 aromatic carbocycles. The number of carboxylic acid groups (broad SMARTS) is 1. The van der Waals surface area contributed by atoms with Crippen molar-refractivity contribution in [2.45, 2.75) is 31.6 Å². The first-order valence-electron chi connectivity index (χ1n) is 5.64. The minimum atomic E-state index is -0.840. The molecular formula is C13H18O2S. The second-order valence-corrected chi connectivity index (χ2v) is 4.86. The molecule has 0 unspecified atom stereocenters. The Bertz CT molecular complexity index is 346. The Morgan fingerprint density at radius 3 is 2.50 bits per heavy atom. The second kappa shape index (κ2) is 6.59. The summed E-state index contributed by atoms with van der Waals surface area (Å²) in [6, 6.07) is 7.21. The molecule has 0 aliphatic rings. The molecule has 0 aromatic heterocycles. The van der Waals surface area contributed by atoms with Crippen molar-refractivity contribution in [1.29, 1.82) is 0 Å². The van der Waals surface area contributed by atoms with Crippen LogP contribution >= 0.6 is 11.8 Å². The Labute approximate surface area is 101 Å². The minimum Gasteiger partial charge on any atom is -0.478 e. The number of hydrogen-bond acceptors (Lipinski definition) is 2. The van der Waals surface area contributed by atoms with Crippen molar-refractivity contribution in [1.82, 2.24) is 0 Å². The van der Waals surface area contributed by atoms with Crippen LogP contribution in [0.3, 0.4) is 0 Å². The molecule has 0 heterocycles. The molecule has 0 saturated carbocycles. The Kier molecular flexibility index (Phi) is 5.39. The van der Waals surface area contributed by atoms with Crippen LogP contribution in [-0.2, 0) is 0 Å². The zero-order valence-corrected chi connectivity index (χ0v) is 10.6. The summed E-state index contributed by atoms with van der Waals surface area (Å²) in [4.78, 5) is 11.9. The summed E-state index contributed by atoms with van der Waals surface area (Å²) in [5.41, 5.74) is 0.415. The lowest BCUT2D eigenvalue weighted by Gasteiger charge is -2.12. The van der Waals surface area contributed by atoms with Crippen LogP contribution in [0.5, 0.6) is 0 Å². The standard InChI is InChI=1S/C13H18O2S/c1-3-10(4-2)9-16-12-8-6-5-7-11(12)13(14)15/h5-8,10H,3-4,9H2,1-2H3,(H,14,15). The summed E-state index contributed by atoms with van der Waals surface area (Å²) in [7, 11) is 0. The van der Waals surface area contributed by atoms with Crippen LogP contribution in [-0.4, -0.2) is 16.8 Å². The van der Waals surface area contributed by atoms with E-state index in [4.69, 9.17) is 5.11 Å². The molecule has 16 heavy (non-hydrogen) atoms. The third-order valence-corrected chi connectivity index (χ3v) is 4.05. The highest BCUT2D eigenvalue weighted by atomic mass is 32.2. The summed E-state index contributed by atoms with van der Waals surface area (Å²) in [6.45, 7) is 4.36. The summed E-state index contributed by atoms with van der Waals surface area (Å²) in [5, 5.41) is 9.03. The summed E-state index contributed by atoms with van der Waals surface area (Å²) >= 11 is 1.65. The maximum absolute atomic E-state index is 11.0. The molecule has 0 amide bonds. The topological polar surface area (TPSA) is 37.3 Å². The SMILES string of the molecule is CCC(CC)CSc1ccccc1C(=O)O. The molecule has 1 aromatic rings. The van der Waals surface area contributed by atoms with Gasteiger partial charge in [-0.1, -0.05) is 38.8 Å². The maximum atomic E-state index is 11.0. The number of benzene rings is 1. The van der Waals surface area contributed by atoms with Gasteiger partial charge < -0.3 is 5.11 Å². The average Bonchev–Trinajstić information content (AvgIpc) is 2.30. The smallest absolute Gasteiger partial charge is 0.336 e. The van der Waals surface area contributed by atoms with Gasteiger partial charge in [0.05, 0.1) is 5.56 Å². The van der Waals surface area contributed by atoms with E-state index >= 15 is 0 Å². The molecule has 3 heteroatoms. The molecule has 1 N–H and O–H groups in total. The first-order chi connectivity index (χ1) is 7.69. The molecule has 2 nitrogen and oxygen atoms in total. The molecule has 0 bridgehead atoms. The van der Waals surface area contributed by atoms with E-state index in [1.807, 2.05) is 12.1 Å². The zero-order chi connectivity index (χ0) is 12.0. The van der Waals surface area contributed by atoms with Gasteiger partial charge >= 0.3 is 5.97 Å². The van der Waals surface area contributed by atoms with E-state index in [-0.39, 0.29) is 0 Å². The number of carboxylic acids is 1. The van der Waals surface area contributed by atoms with Gasteiger partial charge in [0.25, 0.3) is 0 Å². The van der Waals surface area contributed by atoms with Gasteiger partial charge in [-0.25, -0.2) is 4.79 Å². The fourth-order valence-corrected chi connectivity index (χ4v) is 2.87. The highest BCUT2D eigenvalue weighted by Crippen LogP contribution is 2.26. The van der Waals surface area contributed by atoms with Crippen LogP contribution in [0, 0.1) is 5.92 Å². The zero-order valence-electron chi connectivity index (χ0n) is 9.77. The van der Waals surface area contributed by atoms with Crippen molar-refractivity contribution in [2.75, 3.05) is 5.75 Å². The fraction of sp³-hybridized carbons (Fsp3) is 0.462. The molecule has 0 spiro atoms. The third kappa shape index (κ3) is 3.56. The van der Waals surface area contributed by atoms with E-state index < -0.39 is 5.97 Å². The van der Waals surface area contributed by atoms with Gasteiger partial charge in [-0.15, -0.1) is 11.8 Å². The van der Waals surface area contributed by atoms with Crippen molar-refractivity contribution in [2.24, 2.45) is 5.92 Å². The van der Waals surface area contributed by atoms with Gasteiger partial charge in [-0.05, 0) is 18.1 Å². The Morgan fingerprint density at radius 2 is 1.94 bits per heavy atom. The number of aromatic carboxylic acids is 1. The van der Waals surface area contributed by atoms with Crippen molar-refractivity contribution in [3.63, 3.8) is 0 Å². The monoisotopic (exact) mass is 238 g/mol. The van der Waals surface area contributed by atoms with Crippen LogP contribution < -0.4 is 0 Å². The maximum Gasteiger partial charge on any atom is 0.336 e. The predicted molar refractivity (Wildman–Crippen MR) is 68.2 cm³/mol. The molecule has 1 rings (SSSR count). The van der Waals surface area contributed by atoms with Gasteiger partial charge in [0.1, 0.15) is 0 Å². The Hall–Kier alpha value is -0.960. The summed E-state index contributed by atoms with van der Waals surface area (Å²) in [5.74, 6) is 0.830. The molecular weight excluding hydrogens is 220 g/mol. The number of hydrogen-bond donors (Lipinski definition) is 1. The van der Waals surface area contributed by atoms with Crippen LogP contribution in [0.15, 0.2) is 29.2 Å². The lowest BCUT2D eigenvalue weighted by atomic mass is 10.1. The molecule has 0 atom stereocenters. The van der Waals surface area contributed by atoms with Gasteiger partial charge in [0.2, 0.25) is 0 Å². The van der Waals surface area contributed by atoms with E-state index in [0.29, 0.717) is 11.5 Å². The molecule has 88 valence electrons. The van der Waals surface area contributed by atoms with E-state index in [1.165, 1.54) is 0 Å². The van der Waals surface area contributed by atoms with Crippen molar-refractivity contribution < 1.29 is 9.90 Å². The predicted octanol–water partition coefficient (Wildman–Crippen LogP) is 3.91. The van der Waals surface area contributed by atoms with Crippen LogP contribution in [0.2, 0.25) is 0 Å². The van der Waals surface area contributed by atoms with Gasteiger partial charge in [0.15, 0.2) is 0 Å². The highest BCUT2D eigenvalue weighted by molar-refractivity contribution is 7.99. The fourth-order valence-electron chi connectivity index (χ4n) is 1.50. The Balaban J connectivity index is 2.69. The number of thioether (sulfide) groups is 1. The Morgan fingerprint density at radius 1 is 1.31 bits per heavy atom. The third-order valence-electron chi connectivity index (χ3n) is 2.75. The molecule has 0 saturated heterocycles. The van der Waals surface area contributed by atoms with Gasteiger partial charge in [-0.2, -0.15) is 0 Å². The lowest BCUT2D eigenvalue weighted by Crippen LogP contribution is -2.02. The van der Waals surface area contributed by atoms with Crippen molar-refractivity contribution in [3.05, 3.63) is 29.8 Å². The van der Waals surface area contributed by atoms with E-state index in [9.17, 15) is 4.79 Å². The molecule has 0 aliphatic carbocycles. The first kappa shape index (κ1) is 13.1. The van der Waals surface area contributed by atoms with Crippen LogP contribution in [0.4, 0.5) is 0 Å². The largest absolute Gasteiger partial charge is 0.478 e. The highest BCUT2D eigenvalue weighted by Gasteiger charge is 2.11. The first-order valence-corrected chi connectivity index (χ1v) is 6.62. The number of rotatable bonds is 6. The minimum absolute atomic E-state index is 0.415.